The fourth-order valence-corrected chi connectivity index (χ4v) is 3.98. The summed E-state index contributed by atoms with van der Waals surface area (Å²) < 4.78 is 2.06. The zero-order valence-corrected chi connectivity index (χ0v) is 19.4. The third kappa shape index (κ3) is 5.96. The molecule has 1 heterocycles. The number of hydrogen-bond acceptors (Lipinski definition) is 3. The Kier molecular flexibility index (Phi) is 8.42. The molecule has 2 aromatic carbocycles. The van der Waals surface area contributed by atoms with Gasteiger partial charge in [0.05, 0.1) is 11.0 Å². The molecule has 0 spiro atoms. The van der Waals surface area contributed by atoms with E-state index in [0.717, 1.165) is 48.1 Å². The Morgan fingerprint density at radius 1 is 1.00 bits per heavy atom. The molecule has 6 heteroatoms. The zero-order valence-electron chi connectivity index (χ0n) is 19.4. The monoisotopic (exact) mass is 434 g/mol. The lowest BCUT2D eigenvalue weighted by Gasteiger charge is -2.20. The van der Waals surface area contributed by atoms with E-state index in [0.29, 0.717) is 31.7 Å². The van der Waals surface area contributed by atoms with Gasteiger partial charge in [0.15, 0.2) is 0 Å². The number of aromatic nitrogens is 2. The van der Waals surface area contributed by atoms with Crippen molar-refractivity contribution in [2.45, 2.75) is 53.0 Å². The Morgan fingerprint density at radius 2 is 1.78 bits per heavy atom. The lowest BCUT2D eigenvalue weighted by molar-refractivity contribution is -0.131. The van der Waals surface area contributed by atoms with Crippen molar-refractivity contribution in [1.82, 2.24) is 19.8 Å². The minimum atomic E-state index is -0.0228. The van der Waals surface area contributed by atoms with E-state index in [1.54, 1.807) is 0 Å². The average Bonchev–Trinajstić information content (AvgIpc) is 3.14. The Bertz CT molecular complexity index is 1050. The van der Waals surface area contributed by atoms with Crippen molar-refractivity contribution in [2.24, 2.45) is 0 Å². The van der Waals surface area contributed by atoms with Gasteiger partial charge in [-0.2, -0.15) is 0 Å². The van der Waals surface area contributed by atoms with Crippen LogP contribution in [0.2, 0.25) is 0 Å². The van der Waals surface area contributed by atoms with Crippen LogP contribution < -0.4 is 5.32 Å². The molecule has 170 valence electrons. The fraction of sp³-hybridized carbons (Fsp3) is 0.423. The minimum Gasteiger partial charge on any atom is -0.352 e. The van der Waals surface area contributed by atoms with Crippen molar-refractivity contribution >= 4 is 22.8 Å². The normalized spacial score (nSPS) is 11.0. The number of aryl methyl sites for hydroxylation is 2. The van der Waals surface area contributed by atoms with Crippen molar-refractivity contribution in [2.75, 3.05) is 19.6 Å². The molecule has 1 aromatic heterocycles. The maximum atomic E-state index is 12.7. The molecule has 0 fully saturated rings. The Hall–Kier alpha value is -3.15. The summed E-state index contributed by atoms with van der Waals surface area (Å²) in [5.74, 6) is 1.05. The number of carbonyl (C=O) groups is 2. The predicted octanol–water partition coefficient (Wildman–Crippen LogP) is 4.36. The molecular formula is C26H34N4O2. The lowest BCUT2D eigenvalue weighted by Crippen LogP contribution is -2.33. The van der Waals surface area contributed by atoms with Crippen LogP contribution in [0.5, 0.6) is 0 Å². The van der Waals surface area contributed by atoms with E-state index in [1.165, 1.54) is 0 Å². The predicted molar refractivity (Wildman–Crippen MR) is 129 cm³/mol. The maximum absolute atomic E-state index is 12.7. The number of likely N-dealkylation sites (N-methyl/N-ethyl adjacent to an activating group) is 1. The molecule has 0 radical (unpaired) electrons. The first-order chi connectivity index (χ1) is 15.5. The number of nitrogens with one attached hydrogen (secondary N) is 1. The number of rotatable bonds is 11. The number of benzene rings is 2. The Balaban J connectivity index is 1.53. The number of amides is 2. The summed E-state index contributed by atoms with van der Waals surface area (Å²) in [6, 6.07) is 15.6. The van der Waals surface area contributed by atoms with E-state index >= 15 is 0 Å². The third-order valence-electron chi connectivity index (χ3n) is 5.79. The molecule has 3 aromatic rings. The van der Waals surface area contributed by atoms with Crippen molar-refractivity contribution in [3.63, 3.8) is 0 Å². The van der Waals surface area contributed by atoms with Crippen LogP contribution in [0.4, 0.5) is 0 Å². The lowest BCUT2D eigenvalue weighted by atomic mass is 10.1. The van der Waals surface area contributed by atoms with Gasteiger partial charge < -0.3 is 14.8 Å². The summed E-state index contributed by atoms with van der Waals surface area (Å²) in [5, 5.41) is 3.00. The molecule has 0 aliphatic rings. The molecule has 0 aliphatic heterocycles. The van der Waals surface area contributed by atoms with Gasteiger partial charge in [0.1, 0.15) is 12.4 Å². The number of carbonyl (C=O) groups excluding carboxylic acids is 2. The molecule has 0 bridgehead atoms. The van der Waals surface area contributed by atoms with Crippen LogP contribution in [-0.4, -0.2) is 45.9 Å². The van der Waals surface area contributed by atoms with Crippen LogP contribution >= 0.6 is 0 Å². The minimum absolute atomic E-state index is 0.0228. The van der Waals surface area contributed by atoms with Crippen molar-refractivity contribution in [3.05, 3.63) is 65.5 Å². The number of imidazole rings is 1. The largest absolute Gasteiger partial charge is 0.352 e. The highest BCUT2D eigenvalue weighted by atomic mass is 16.2. The van der Waals surface area contributed by atoms with E-state index in [-0.39, 0.29) is 11.8 Å². The number of para-hydroxylation sites is 2. The Morgan fingerprint density at radius 3 is 2.53 bits per heavy atom. The summed E-state index contributed by atoms with van der Waals surface area (Å²) in [4.78, 5) is 31.6. The van der Waals surface area contributed by atoms with Gasteiger partial charge in [-0.1, -0.05) is 36.2 Å². The van der Waals surface area contributed by atoms with Crippen LogP contribution in [0.1, 0.15) is 54.9 Å². The molecule has 0 saturated heterocycles. The fourth-order valence-electron chi connectivity index (χ4n) is 3.98. The first kappa shape index (κ1) is 23.5. The van der Waals surface area contributed by atoms with E-state index in [2.05, 4.69) is 9.88 Å². The SMILES string of the molecule is CCN(CC)C(=O)Cn1c(CCCCCNC(=O)c2cccc(C)c2)nc2ccccc21. The zero-order chi connectivity index (χ0) is 22.9. The van der Waals surface area contributed by atoms with Crippen LogP contribution in [0.3, 0.4) is 0 Å². The van der Waals surface area contributed by atoms with Crippen molar-refractivity contribution in [1.29, 1.82) is 0 Å². The van der Waals surface area contributed by atoms with E-state index in [9.17, 15) is 9.59 Å². The third-order valence-corrected chi connectivity index (χ3v) is 5.79. The number of fused-ring (bicyclic) bond motifs is 1. The molecule has 3 rings (SSSR count). The van der Waals surface area contributed by atoms with Gasteiger partial charge in [-0.15, -0.1) is 0 Å². The quantitative estimate of drug-likeness (QED) is 0.456. The van der Waals surface area contributed by atoms with Crippen LogP contribution in [-0.2, 0) is 17.8 Å². The van der Waals surface area contributed by atoms with Gasteiger partial charge in [-0.25, -0.2) is 4.98 Å². The van der Waals surface area contributed by atoms with Gasteiger partial charge >= 0.3 is 0 Å². The van der Waals surface area contributed by atoms with Gasteiger partial charge in [0.2, 0.25) is 5.91 Å². The summed E-state index contributed by atoms with van der Waals surface area (Å²) in [6.07, 6.45) is 3.67. The van der Waals surface area contributed by atoms with Gasteiger partial charge in [0.25, 0.3) is 5.91 Å². The first-order valence-electron chi connectivity index (χ1n) is 11.6. The standard InChI is InChI=1S/C26H34N4O2/c1-4-29(5-2)25(31)19-30-23-15-9-8-14-22(23)28-24(30)16-7-6-10-17-27-26(32)21-13-11-12-20(3)18-21/h8-9,11-15,18H,4-7,10,16-17,19H2,1-3H3,(H,27,32). The molecule has 0 atom stereocenters. The summed E-state index contributed by atoms with van der Waals surface area (Å²) >= 11 is 0. The molecule has 2 amide bonds. The molecule has 0 unspecified atom stereocenters. The molecule has 6 nitrogen and oxygen atoms in total. The molecular weight excluding hydrogens is 400 g/mol. The molecule has 32 heavy (non-hydrogen) atoms. The van der Waals surface area contributed by atoms with Gasteiger partial charge in [-0.05, 0) is 57.9 Å². The summed E-state index contributed by atoms with van der Waals surface area (Å²) in [5.41, 5.74) is 3.73. The smallest absolute Gasteiger partial charge is 0.251 e. The van der Waals surface area contributed by atoms with E-state index < -0.39 is 0 Å². The summed E-state index contributed by atoms with van der Waals surface area (Å²) in [6.45, 7) is 8.41. The molecule has 0 saturated carbocycles. The second kappa shape index (κ2) is 11.5. The second-order valence-corrected chi connectivity index (χ2v) is 8.10. The van der Waals surface area contributed by atoms with Crippen LogP contribution in [0.25, 0.3) is 11.0 Å². The van der Waals surface area contributed by atoms with Crippen LogP contribution in [0.15, 0.2) is 48.5 Å². The highest BCUT2D eigenvalue weighted by Crippen LogP contribution is 2.18. The van der Waals surface area contributed by atoms with Crippen molar-refractivity contribution in [3.8, 4) is 0 Å². The van der Waals surface area contributed by atoms with Gasteiger partial charge in [-0.3, -0.25) is 9.59 Å². The van der Waals surface area contributed by atoms with E-state index in [1.807, 2.05) is 74.2 Å². The highest BCUT2D eigenvalue weighted by molar-refractivity contribution is 5.94. The van der Waals surface area contributed by atoms with Gasteiger partial charge in [0, 0.05) is 31.6 Å². The molecule has 1 N–H and O–H groups in total. The van der Waals surface area contributed by atoms with Crippen molar-refractivity contribution < 1.29 is 9.59 Å². The number of hydrogen-bond donors (Lipinski definition) is 1. The van der Waals surface area contributed by atoms with Crippen LogP contribution in [0, 0.1) is 6.92 Å². The summed E-state index contributed by atoms with van der Waals surface area (Å²) in [7, 11) is 0. The number of nitrogens with zero attached hydrogens (tertiary/aromatic N) is 3. The highest BCUT2D eigenvalue weighted by Gasteiger charge is 2.16. The average molecular weight is 435 g/mol. The Labute approximate surface area is 190 Å². The van der Waals surface area contributed by atoms with E-state index in [4.69, 9.17) is 4.98 Å². The molecule has 0 aliphatic carbocycles. The maximum Gasteiger partial charge on any atom is 0.251 e. The second-order valence-electron chi connectivity index (χ2n) is 8.10. The number of unbranched alkanes of at least 4 members (excludes halogenated alkanes) is 2. The topological polar surface area (TPSA) is 67.2 Å². The first-order valence-corrected chi connectivity index (χ1v) is 11.6.